The first-order valence-electron chi connectivity index (χ1n) is 7.45. The number of fused-ring (bicyclic) bond motifs is 2. The summed E-state index contributed by atoms with van der Waals surface area (Å²) in [6.07, 6.45) is 3.82. The molecule has 4 rings (SSSR count). The number of carbonyl (C=O) groups excluding carboxylic acids is 1. The molecule has 3 aromatic rings. The standard InChI is InChI=1S/C17H15N5O/c18-16-13-9-22(8-6-14(13)20-10-21-16)17(23)15-12-4-2-1-3-11(12)5-7-19-15/h1-5,7,10H,6,8-9H2,(H2,18,20,21). The average Bonchev–Trinajstić information content (AvgIpc) is 2.61. The highest BCUT2D eigenvalue weighted by atomic mass is 16.2. The zero-order valence-electron chi connectivity index (χ0n) is 12.4. The second kappa shape index (κ2) is 5.31. The van der Waals surface area contributed by atoms with Crippen molar-refractivity contribution in [2.45, 2.75) is 13.0 Å². The van der Waals surface area contributed by atoms with Crippen LogP contribution in [0.25, 0.3) is 10.8 Å². The van der Waals surface area contributed by atoms with Crippen LogP contribution in [0, 0.1) is 0 Å². The summed E-state index contributed by atoms with van der Waals surface area (Å²) in [5.41, 5.74) is 8.17. The quantitative estimate of drug-likeness (QED) is 0.741. The summed E-state index contributed by atoms with van der Waals surface area (Å²) in [4.78, 5) is 27.3. The van der Waals surface area contributed by atoms with Crippen molar-refractivity contribution in [3.8, 4) is 0 Å². The van der Waals surface area contributed by atoms with Crippen LogP contribution >= 0.6 is 0 Å². The van der Waals surface area contributed by atoms with E-state index in [0.717, 1.165) is 22.0 Å². The summed E-state index contributed by atoms with van der Waals surface area (Å²) in [7, 11) is 0. The minimum atomic E-state index is -0.0873. The summed E-state index contributed by atoms with van der Waals surface area (Å²) < 4.78 is 0. The number of carbonyl (C=O) groups is 1. The van der Waals surface area contributed by atoms with Gasteiger partial charge in [-0.25, -0.2) is 9.97 Å². The first-order valence-corrected chi connectivity index (χ1v) is 7.45. The molecule has 0 bridgehead atoms. The molecular weight excluding hydrogens is 290 g/mol. The molecule has 114 valence electrons. The zero-order chi connectivity index (χ0) is 15.8. The lowest BCUT2D eigenvalue weighted by molar-refractivity contribution is 0.0730. The maximum absolute atomic E-state index is 12.9. The van der Waals surface area contributed by atoms with Crippen LogP contribution in [0.2, 0.25) is 0 Å². The van der Waals surface area contributed by atoms with Crippen molar-refractivity contribution in [2.24, 2.45) is 0 Å². The Morgan fingerprint density at radius 3 is 2.91 bits per heavy atom. The number of rotatable bonds is 1. The van der Waals surface area contributed by atoms with Gasteiger partial charge in [-0.2, -0.15) is 0 Å². The van der Waals surface area contributed by atoms with Crippen molar-refractivity contribution in [2.75, 3.05) is 12.3 Å². The van der Waals surface area contributed by atoms with Crippen LogP contribution in [0.1, 0.15) is 21.7 Å². The van der Waals surface area contributed by atoms with Gasteiger partial charge in [-0.1, -0.05) is 24.3 Å². The molecule has 0 fully saturated rings. The Hall–Kier alpha value is -3.02. The molecule has 0 aliphatic carbocycles. The van der Waals surface area contributed by atoms with Gasteiger partial charge in [0.2, 0.25) is 0 Å². The largest absolute Gasteiger partial charge is 0.383 e. The van der Waals surface area contributed by atoms with Crippen LogP contribution in [0.15, 0.2) is 42.9 Å². The monoisotopic (exact) mass is 305 g/mol. The van der Waals surface area contributed by atoms with E-state index < -0.39 is 0 Å². The van der Waals surface area contributed by atoms with Crippen molar-refractivity contribution in [1.29, 1.82) is 0 Å². The fraction of sp³-hybridized carbons (Fsp3) is 0.176. The average molecular weight is 305 g/mol. The smallest absolute Gasteiger partial charge is 0.273 e. The summed E-state index contributed by atoms with van der Waals surface area (Å²) >= 11 is 0. The molecule has 1 aliphatic rings. The third kappa shape index (κ3) is 2.28. The van der Waals surface area contributed by atoms with Crippen LogP contribution in [0.3, 0.4) is 0 Å². The lowest BCUT2D eigenvalue weighted by Gasteiger charge is -2.28. The predicted octanol–water partition coefficient (Wildman–Crippen LogP) is 1.81. The van der Waals surface area contributed by atoms with Crippen LogP contribution < -0.4 is 5.73 Å². The highest BCUT2D eigenvalue weighted by Crippen LogP contribution is 2.24. The molecule has 1 amide bonds. The zero-order valence-corrected chi connectivity index (χ0v) is 12.4. The first-order chi connectivity index (χ1) is 11.2. The molecule has 0 saturated carbocycles. The van der Waals surface area contributed by atoms with E-state index in [4.69, 9.17) is 5.73 Å². The third-order valence-electron chi connectivity index (χ3n) is 4.20. The Balaban J connectivity index is 1.71. The van der Waals surface area contributed by atoms with E-state index >= 15 is 0 Å². The molecule has 23 heavy (non-hydrogen) atoms. The van der Waals surface area contributed by atoms with Crippen molar-refractivity contribution < 1.29 is 4.79 Å². The number of hydrogen-bond donors (Lipinski definition) is 1. The highest BCUT2D eigenvalue weighted by molar-refractivity contribution is 6.05. The Morgan fingerprint density at radius 1 is 1.13 bits per heavy atom. The number of hydrogen-bond acceptors (Lipinski definition) is 5. The fourth-order valence-electron chi connectivity index (χ4n) is 2.98. The molecule has 1 aromatic carbocycles. The molecule has 6 nitrogen and oxygen atoms in total. The number of nitrogens with zero attached hydrogens (tertiary/aromatic N) is 4. The van der Waals surface area contributed by atoms with Gasteiger partial charge in [-0.15, -0.1) is 0 Å². The molecule has 2 N–H and O–H groups in total. The van der Waals surface area contributed by atoms with Gasteiger partial charge in [0, 0.05) is 30.1 Å². The topological polar surface area (TPSA) is 85.0 Å². The lowest BCUT2D eigenvalue weighted by atomic mass is 10.0. The van der Waals surface area contributed by atoms with E-state index in [1.165, 1.54) is 6.33 Å². The summed E-state index contributed by atoms with van der Waals surface area (Å²) in [5.74, 6) is 0.356. The number of anilines is 1. The molecule has 0 spiro atoms. The van der Waals surface area contributed by atoms with Crippen molar-refractivity contribution in [3.05, 3.63) is 59.8 Å². The van der Waals surface area contributed by atoms with Gasteiger partial charge in [0.15, 0.2) is 0 Å². The van der Waals surface area contributed by atoms with Gasteiger partial charge < -0.3 is 10.6 Å². The van der Waals surface area contributed by atoms with Crippen molar-refractivity contribution in [1.82, 2.24) is 19.9 Å². The molecule has 2 aromatic heterocycles. The molecule has 6 heteroatoms. The van der Waals surface area contributed by atoms with E-state index in [-0.39, 0.29) is 5.91 Å². The van der Waals surface area contributed by atoms with Crippen LogP contribution in [0.5, 0.6) is 0 Å². The number of benzene rings is 1. The number of nitrogens with two attached hydrogens (primary N) is 1. The van der Waals surface area contributed by atoms with Gasteiger partial charge >= 0.3 is 0 Å². The summed E-state index contributed by atoms with van der Waals surface area (Å²) in [6, 6.07) is 9.67. The maximum atomic E-state index is 12.9. The Bertz CT molecular complexity index is 903. The Labute approximate surface area is 133 Å². The van der Waals surface area contributed by atoms with Gasteiger partial charge in [0.1, 0.15) is 17.8 Å². The summed E-state index contributed by atoms with van der Waals surface area (Å²) in [5, 5.41) is 1.87. The lowest BCUT2D eigenvalue weighted by Crippen LogP contribution is -2.37. The Kier molecular flexibility index (Phi) is 3.15. The second-order valence-corrected chi connectivity index (χ2v) is 5.54. The van der Waals surface area contributed by atoms with Gasteiger partial charge in [-0.3, -0.25) is 9.78 Å². The number of amides is 1. The first kappa shape index (κ1) is 13.6. The van der Waals surface area contributed by atoms with Crippen LogP contribution in [0.4, 0.5) is 5.82 Å². The third-order valence-corrected chi connectivity index (χ3v) is 4.20. The van der Waals surface area contributed by atoms with Crippen LogP contribution in [-0.4, -0.2) is 32.3 Å². The van der Waals surface area contributed by atoms with E-state index in [1.807, 2.05) is 30.3 Å². The molecule has 0 saturated heterocycles. The molecule has 3 heterocycles. The SMILES string of the molecule is Nc1ncnc2c1CN(C(=O)c1nccc3ccccc13)CC2. The van der Waals surface area contributed by atoms with E-state index in [9.17, 15) is 4.79 Å². The Morgan fingerprint density at radius 2 is 2.00 bits per heavy atom. The van der Waals surface area contributed by atoms with E-state index in [0.29, 0.717) is 31.0 Å². The van der Waals surface area contributed by atoms with Crippen LogP contribution in [-0.2, 0) is 13.0 Å². The van der Waals surface area contributed by atoms with E-state index in [1.54, 1.807) is 11.1 Å². The normalized spacial score (nSPS) is 13.8. The second-order valence-electron chi connectivity index (χ2n) is 5.54. The minimum Gasteiger partial charge on any atom is -0.383 e. The molecule has 0 unspecified atom stereocenters. The number of pyridine rings is 1. The fourth-order valence-corrected chi connectivity index (χ4v) is 2.98. The maximum Gasteiger partial charge on any atom is 0.273 e. The predicted molar refractivity (Wildman–Crippen MR) is 86.6 cm³/mol. The van der Waals surface area contributed by atoms with Crippen molar-refractivity contribution in [3.63, 3.8) is 0 Å². The summed E-state index contributed by atoms with van der Waals surface area (Å²) in [6.45, 7) is 1.03. The van der Waals surface area contributed by atoms with Gasteiger partial charge in [-0.05, 0) is 11.5 Å². The highest BCUT2D eigenvalue weighted by Gasteiger charge is 2.26. The molecule has 0 radical (unpaired) electrons. The molecular formula is C17H15N5O. The number of nitrogen functional groups attached to an aromatic ring is 1. The molecule has 0 atom stereocenters. The molecule has 1 aliphatic heterocycles. The van der Waals surface area contributed by atoms with E-state index in [2.05, 4.69) is 15.0 Å². The van der Waals surface area contributed by atoms with Gasteiger partial charge in [0.25, 0.3) is 5.91 Å². The van der Waals surface area contributed by atoms with Crippen molar-refractivity contribution >= 4 is 22.5 Å². The van der Waals surface area contributed by atoms with Gasteiger partial charge in [0.05, 0.1) is 12.2 Å². The minimum absolute atomic E-state index is 0.0873. The number of aromatic nitrogens is 3.